The number of hydrogen-bond donors (Lipinski definition) is 1. The minimum Gasteiger partial charge on any atom is -0.477 e. The van der Waals surface area contributed by atoms with Gasteiger partial charge in [-0.25, -0.2) is 18.3 Å². The van der Waals surface area contributed by atoms with Crippen LogP contribution in [0.4, 0.5) is 8.78 Å². The van der Waals surface area contributed by atoms with Crippen LogP contribution in [-0.2, 0) is 13.6 Å². The van der Waals surface area contributed by atoms with E-state index in [1.807, 2.05) is 0 Å². The first kappa shape index (κ1) is 14.0. The SMILES string of the molecule is Cc1c(C(=O)O)c(=O)n(Cc2ccc(F)c(F)c2)n1C. The molecule has 0 spiro atoms. The van der Waals surface area contributed by atoms with Gasteiger partial charge < -0.3 is 5.11 Å². The second-order valence-corrected chi connectivity index (χ2v) is 4.40. The zero-order valence-corrected chi connectivity index (χ0v) is 10.9. The molecule has 0 fully saturated rings. The molecule has 2 rings (SSSR count). The topological polar surface area (TPSA) is 64.2 Å². The van der Waals surface area contributed by atoms with Crippen LogP contribution in [0.2, 0.25) is 0 Å². The van der Waals surface area contributed by atoms with Crippen molar-refractivity contribution in [3.8, 4) is 0 Å². The van der Waals surface area contributed by atoms with E-state index in [-0.39, 0.29) is 12.1 Å². The van der Waals surface area contributed by atoms with Crippen LogP contribution >= 0.6 is 0 Å². The molecule has 0 atom stereocenters. The summed E-state index contributed by atoms with van der Waals surface area (Å²) in [5, 5.41) is 8.99. The molecule has 0 aliphatic rings. The van der Waals surface area contributed by atoms with Crippen molar-refractivity contribution < 1.29 is 18.7 Å². The van der Waals surface area contributed by atoms with E-state index in [0.29, 0.717) is 11.3 Å². The van der Waals surface area contributed by atoms with E-state index in [0.717, 1.165) is 16.8 Å². The fourth-order valence-corrected chi connectivity index (χ4v) is 2.00. The number of nitrogens with zero attached hydrogens (tertiary/aromatic N) is 2. The number of carboxylic acid groups (broad SMARTS) is 1. The van der Waals surface area contributed by atoms with Crippen molar-refractivity contribution in [1.29, 1.82) is 0 Å². The molecule has 0 unspecified atom stereocenters. The zero-order chi connectivity index (χ0) is 15.0. The predicted octanol–water partition coefficient (Wildman–Crippen LogP) is 1.52. The molecule has 5 nitrogen and oxygen atoms in total. The highest BCUT2D eigenvalue weighted by molar-refractivity contribution is 5.88. The molecule has 7 heteroatoms. The van der Waals surface area contributed by atoms with Gasteiger partial charge in [0.05, 0.1) is 12.2 Å². The first-order valence-electron chi connectivity index (χ1n) is 5.76. The molecular formula is C13H12F2N2O3. The summed E-state index contributed by atoms with van der Waals surface area (Å²) in [5.74, 6) is -3.30. The van der Waals surface area contributed by atoms with Crippen LogP contribution in [0.1, 0.15) is 21.6 Å². The highest BCUT2D eigenvalue weighted by Gasteiger charge is 2.20. The summed E-state index contributed by atoms with van der Waals surface area (Å²) in [6.07, 6.45) is 0. The average Bonchev–Trinajstić information content (AvgIpc) is 2.58. The number of benzene rings is 1. The van der Waals surface area contributed by atoms with Crippen molar-refractivity contribution >= 4 is 5.97 Å². The van der Waals surface area contributed by atoms with E-state index in [1.165, 1.54) is 24.7 Å². The van der Waals surface area contributed by atoms with Gasteiger partial charge in [-0.15, -0.1) is 0 Å². The molecule has 0 radical (unpaired) electrons. The van der Waals surface area contributed by atoms with E-state index in [9.17, 15) is 18.4 Å². The summed E-state index contributed by atoms with van der Waals surface area (Å²) in [6, 6.07) is 3.28. The summed E-state index contributed by atoms with van der Waals surface area (Å²) in [5.41, 5.74) is -0.342. The summed E-state index contributed by atoms with van der Waals surface area (Å²) in [6.45, 7) is 1.47. The standard InChI is InChI=1S/C13H12F2N2O3/c1-7-11(13(19)20)12(18)17(16(7)2)6-8-3-4-9(14)10(15)5-8/h3-5H,6H2,1-2H3,(H,19,20). The van der Waals surface area contributed by atoms with Gasteiger partial charge in [-0.3, -0.25) is 9.48 Å². The largest absolute Gasteiger partial charge is 0.477 e. The van der Waals surface area contributed by atoms with Crippen LogP contribution in [0.3, 0.4) is 0 Å². The third-order valence-electron chi connectivity index (χ3n) is 3.19. The van der Waals surface area contributed by atoms with Gasteiger partial charge in [0, 0.05) is 7.05 Å². The Balaban J connectivity index is 2.49. The van der Waals surface area contributed by atoms with Crippen molar-refractivity contribution in [2.24, 2.45) is 7.05 Å². The van der Waals surface area contributed by atoms with Gasteiger partial charge in [0.15, 0.2) is 11.6 Å². The highest BCUT2D eigenvalue weighted by atomic mass is 19.2. The molecule has 0 aliphatic heterocycles. The minimum absolute atomic E-state index is 0.0410. The molecule has 0 aliphatic carbocycles. The molecule has 0 saturated heterocycles. The van der Waals surface area contributed by atoms with Gasteiger partial charge in [-0.2, -0.15) is 0 Å². The van der Waals surface area contributed by atoms with Crippen LogP contribution in [0, 0.1) is 18.6 Å². The second kappa shape index (κ2) is 4.92. The second-order valence-electron chi connectivity index (χ2n) is 4.40. The highest BCUT2D eigenvalue weighted by Crippen LogP contribution is 2.11. The van der Waals surface area contributed by atoms with E-state index in [1.54, 1.807) is 0 Å². The first-order chi connectivity index (χ1) is 9.32. The molecule has 20 heavy (non-hydrogen) atoms. The lowest BCUT2D eigenvalue weighted by Gasteiger charge is -2.08. The Bertz CT molecular complexity index is 747. The van der Waals surface area contributed by atoms with Gasteiger partial charge in [-0.05, 0) is 24.6 Å². The van der Waals surface area contributed by atoms with Gasteiger partial charge in [0.25, 0.3) is 5.56 Å². The lowest BCUT2D eigenvalue weighted by Crippen LogP contribution is -2.24. The number of carbonyl (C=O) groups is 1. The fourth-order valence-electron chi connectivity index (χ4n) is 2.00. The maximum atomic E-state index is 13.1. The van der Waals surface area contributed by atoms with Crippen LogP contribution < -0.4 is 5.56 Å². The van der Waals surface area contributed by atoms with Crippen LogP contribution in [-0.4, -0.2) is 20.4 Å². The number of rotatable bonds is 3. The predicted molar refractivity (Wildman–Crippen MR) is 66.8 cm³/mol. The lowest BCUT2D eigenvalue weighted by atomic mass is 10.2. The Labute approximate surface area is 112 Å². The summed E-state index contributed by atoms with van der Waals surface area (Å²) in [7, 11) is 1.53. The quantitative estimate of drug-likeness (QED) is 0.928. The lowest BCUT2D eigenvalue weighted by molar-refractivity contribution is 0.0694. The normalized spacial score (nSPS) is 10.8. The first-order valence-corrected chi connectivity index (χ1v) is 5.76. The van der Waals surface area contributed by atoms with E-state index in [4.69, 9.17) is 5.11 Å². The number of hydrogen-bond acceptors (Lipinski definition) is 2. The van der Waals surface area contributed by atoms with Crippen molar-refractivity contribution in [3.63, 3.8) is 0 Å². The molecule has 0 saturated carbocycles. The Morgan fingerprint density at radius 2 is 1.95 bits per heavy atom. The fraction of sp³-hybridized carbons (Fsp3) is 0.231. The molecule has 0 bridgehead atoms. The molecule has 1 aromatic carbocycles. The maximum absolute atomic E-state index is 13.1. The van der Waals surface area contributed by atoms with Crippen molar-refractivity contribution in [2.45, 2.75) is 13.5 Å². The number of carboxylic acids is 1. The van der Waals surface area contributed by atoms with Gasteiger partial charge >= 0.3 is 5.97 Å². The van der Waals surface area contributed by atoms with Crippen LogP contribution in [0.15, 0.2) is 23.0 Å². The van der Waals surface area contributed by atoms with Gasteiger partial charge in [0.1, 0.15) is 5.56 Å². The van der Waals surface area contributed by atoms with Crippen molar-refractivity contribution in [2.75, 3.05) is 0 Å². The summed E-state index contributed by atoms with van der Waals surface area (Å²) >= 11 is 0. The minimum atomic E-state index is -1.31. The number of halogens is 2. The summed E-state index contributed by atoms with van der Waals surface area (Å²) in [4.78, 5) is 23.0. The van der Waals surface area contributed by atoms with Crippen LogP contribution in [0.5, 0.6) is 0 Å². The van der Waals surface area contributed by atoms with E-state index >= 15 is 0 Å². The zero-order valence-electron chi connectivity index (χ0n) is 10.9. The van der Waals surface area contributed by atoms with Crippen LogP contribution in [0.25, 0.3) is 0 Å². The Morgan fingerprint density at radius 3 is 2.45 bits per heavy atom. The van der Waals surface area contributed by atoms with Gasteiger partial charge in [0.2, 0.25) is 0 Å². The smallest absolute Gasteiger partial charge is 0.343 e. The van der Waals surface area contributed by atoms with E-state index in [2.05, 4.69) is 0 Å². The Hall–Kier alpha value is -2.44. The monoisotopic (exact) mass is 282 g/mol. The molecule has 2 aromatic rings. The molecule has 1 heterocycles. The number of aromatic carboxylic acids is 1. The number of aromatic nitrogens is 2. The van der Waals surface area contributed by atoms with Crippen molar-refractivity contribution in [3.05, 3.63) is 57.0 Å². The van der Waals surface area contributed by atoms with Gasteiger partial charge in [-0.1, -0.05) is 6.07 Å². The van der Waals surface area contributed by atoms with E-state index < -0.39 is 23.2 Å². The van der Waals surface area contributed by atoms with Crippen molar-refractivity contribution in [1.82, 2.24) is 9.36 Å². The Kier molecular flexibility index (Phi) is 3.44. The Morgan fingerprint density at radius 1 is 1.30 bits per heavy atom. The average molecular weight is 282 g/mol. The molecule has 1 aromatic heterocycles. The maximum Gasteiger partial charge on any atom is 0.343 e. The molecule has 106 valence electrons. The third kappa shape index (κ3) is 2.22. The molecule has 0 amide bonds. The summed E-state index contributed by atoms with van der Waals surface area (Å²) < 4.78 is 28.5. The molecule has 1 N–H and O–H groups in total. The molecular weight excluding hydrogens is 270 g/mol. The third-order valence-corrected chi connectivity index (χ3v) is 3.19.